The van der Waals surface area contributed by atoms with Crippen molar-refractivity contribution in [2.45, 2.75) is 214 Å². The molecule has 0 fully saturated rings. The van der Waals surface area contributed by atoms with Crippen LogP contribution >= 0.6 is 0 Å². The quantitative estimate of drug-likeness (QED) is 0.0599. The number of nitrogens with one attached hydrogen (secondary N) is 1. The Morgan fingerprint density at radius 2 is 0.800 bits per heavy atom. The van der Waals surface area contributed by atoms with Gasteiger partial charge in [0.1, 0.15) is 11.4 Å². The lowest BCUT2D eigenvalue weighted by molar-refractivity contribution is 0.366. The van der Waals surface area contributed by atoms with E-state index in [4.69, 9.17) is 0 Å². The first kappa shape index (κ1) is 41.7. The number of hydrogen-bond donors (Lipinski definition) is 1. The summed E-state index contributed by atoms with van der Waals surface area (Å²) in [5.41, 5.74) is 0.729. The van der Waals surface area contributed by atoms with Crippen LogP contribution in [0.15, 0.2) is 9.59 Å². The van der Waals surface area contributed by atoms with Crippen molar-refractivity contribution in [3.8, 4) is 0 Å². The maximum Gasteiger partial charge on any atom is 0.253 e. The molecule has 0 unspecified atom stereocenters. The highest BCUT2D eigenvalue weighted by Gasteiger charge is 2.25. The molecule has 1 aromatic carbocycles. The van der Waals surface area contributed by atoms with Gasteiger partial charge in [-0.25, -0.2) is 0 Å². The molecule has 0 aliphatic rings. The number of unbranched alkanes of at least 4 members (excludes halogenated alkanes) is 21. The van der Waals surface area contributed by atoms with Crippen molar-refractivity contribution in [1.29, 1.82) is 0 Å². The number of rotatable bonds is 35. The van der Waals surface area contributed by atoms with E-state index < -0.39 is 0 Å². The highest BCUT2D eigenvalue weighted by Crippen LogP contribution is 2.26. The molecule has 0 saturated carbocycles. The molecule has 264 valence electrons. The molecule has 4 nitrogen and oxygen atoms in total. The van der Waals surface area contributed by atoms with Crippen LogP contribution in [0.1, 0.15) is 214 Å². The van der Waals surface area contributed by atoms with Gasteiger partial charge < -0.3 is 10.2 Å². The third kappa shape index (κ3) is 20.5. The van der Waals surface area contributed by atoms with Gasteiger partial charge in [0.25, 0.3) is 10.9 Å². The standard InChI is InChI=1S/C41H78N2O2/c1-5-9-13-16-20-25-31-37(32-26-21-17-14-10-6-2)33-27-22-19-24-30-36-43(35-29-23-18-15-11-7-3)39-38(40(44)41(39)45)42-34-28-12-8-4/h37,42H,5-36H2,1-4H3. The zero-order valence-corrected chi connectivity index (χ0v) is 31.0. The van der Waals surface area contributed by atoms with Crippen LogP contribution in [-0.4, -0.2) is 19.6 Å². The average Bonchev–Trinajstić information content (AvgIpc) is 3.05. The normalized spacial score (nSPS) is 11.7. The van der Waals surface area contributed by atoms with Crippen LogP contribution in [0.5, 0.6) is 0 Å². The molecule has 0 heterocycles. The van der Waals surface area contributed by atoms with Gasteiger partial charge >= 0.3 is 0 Å². The SMILES string of the molecule is CCCCCCCCC(CCCCCCCC)CCCCCCCN(CCCCCCCC)c1c(NCCCCC)c(=O)c1=O. The lowest BCUT2D eigenvalue weighted by atomic mass is 9.89. The van der Waals surface area contributed by atoms with Crippen molar-refractivity contribution in [1.82, 2.24) is 0 Å². The van der Waals surface area contributed by atoms with Crippen molar-refractivity contribution in [3.05, 3.63) is 20.4 Å². The first-order valence-electron chi connectivity index (χ1n) is 20.4. The Hall–Kier alpha value is -1.32. The van der Waals surface area contributed by atoms with Crippen molar-refractivity contribution >= 4 is 11.4 Å². The molecule has 0 saturated heterocycles. The predicted octanol–water partition coefficient (Wildman–Crippen LogP) is 12.5. The second-order valence-corrected chi connectivity index (χ2v) is 14.3. The topological polar surface area (TPSA) is 49.4 Å². The Kier molecular flexibility index (Phi) is 27.8. The maximum atomic E-state index is 12.7. The highest BCUT2D eigenvalue weighted by atomic mass is 16.2. The third-order valence-corrected chi connectivity index (χ3v) is 10.0. The molecule has 1 rings (SSSR count). The Morgan fingerprint density at radius 1 is 0.444 bits per heavy atom. The number of hydrogen-bond acceptors (Lipinski definition) is 4. The van der Waals surface area contributed by atoms with Gasteiger partial charge in [-0.1, -0.05) is 195 Å². The second-order valence-electron chi connectivity index (χ2n) is 14.3. The summed E-state index contributed by atoms with van der Waals surface area (Å²) in [5, 5.41) is 3.33. The van der Waals surface area contributed by atoms with E-state index in [1.165, 1.54) is 154 Å². The minimum Gasteiger partial charge on any atom is -0.380 e. The molecule has 0 amide bonds. The van der Waals surface area contributed by atoms with E-state index in [2.05, 4.69) is 37.9 Å². The lowest BCUT2D eigenvalue weighted by Gasteiger charge is -2.28. The summed E-state index contributed by atoms with van der Waals surface area (Å²) >= 11 is 0. The van der Waals surface area contributed by atoms with Gasteiger partial charge in [0.2, 0.25) is 0 Å². The first-order chi connectivity index (χ1) is 22.1. The van der Waals surface area contributed by atoms with E-state index in [-0.39, 0.29) is 10.9 Å². The molecule has 1 N–H and O–H groups in total. The fourth-order valence-corrected chi connectivity index (χ4v) is 6.98. The largest absolute Gasteiger partial charge is 0.380 e. The van der Waals surface area contributed by atoms with Crippen molar-refractivity contribution in [2.75, 3.05) is 29.9 Å². The van der Waals surface area contributed by atoms with Crippen LogP contribution in [0, 0.1) is 5.92 Å². The summed E-state index contributed by atoms with van der Waals surface area (Å²) in [5.74, 6) is 0.938. The number of nitrogens with zero attached hydrogens (tertiary/aromatic N) is 1. The van der Waals surface area contributed by atoms with Crippen molar-refractivity contribution < 1.29 is 0 Å². The molecular weight excluding hydrogens is 552 g/mol. The van der Waals surface area contributed by atoms with E-state index in [1.54, 1.807) is 0 Å². The van der Waals surface area contributed by atoms with Gasteiger partial charge in [-0.2, -0.15) is 0 Å². The summed E-state index contributed by atoms with van der Waals surface area (Å²) < 4.78 is 0. The Labute approximate surface area is 281 Å². The smallest absolute Gasteiger partial charge is 0.253 e. The van der Waals surface area contributed by atoms with Crippen LogP contribution in [0.4, 0.5) is 11.4 Å². The predicted molar refractivity (Wildman–Crippen MR) is 202 cm³/mol. The minimum absolute atomic E-state index is 0.263. The maximum absolute atomic E-state index is 12.7. The van der Waals surface area contributed by atoms with Crippen LogP contribution in [0.2, 0.25) is 0 Å². The fourth-order valence-electron chi connectivity index (χ4n) is 6.98. The van der Waals surface area contributed by atoms with E-state index >= 15 is 0 Å². The van der Waals surface area contributed by atoms with E-state index in [0.717, 1.165) is 57.7 Å². The summed E-state index contributed by atoms with van der Waals surface area (Å²) in [6, 6.07) is 0. The van der Waals surface area contributed by atoms with Gasteiger partial charge in [-0.05, 0) is 25.2 Å². The number of anilines is 2. The molecule has 0 aromatic heterocycles. The Bertz CT molecular complexity index is 827. The Balaban J connectivity index is 2.49. The summed E-state index contributed by atoms with van der Waals surface area (Å²) in [6.07, 6.45) is 38.4. The molecule has 4 heteroatoms. The van der Waals surface area contributed by atoms with Gasteiger partial charge in [-0.3, -0.25) is 9.59 Å². The summed E-state index contributed by atoms with van der Waals surface area (Å²) in [7, 11) is 0. The zero-order chi connectivity index (χ0) is 32.8. The Morgan fingerprint density at radius 3 is 1.22 bits per heavy atom. The van der Waals surface area contributed by atoms with Crippen LogP contribution < -0.4 is 21.1 Å². The van der Waals surface area contributed by atoms with E-state index in [9.17, 15) is 9.59 Å². The molecule has 0 bridgehead atoms. The van der Waals surface area contributed by atoms with Gasteiger partial charge in [0.05, 0.1) is 0 Å². The molecule has 0 atom stereocenters. The second kappa shape index (κ2) is 30.0. The highest BCUT2D eigenvalue weighted by molar-refractivity contribution is 5.75. The average molecular weight is 631 g/mol. The van der Waals surface area contributed by atoms with Crippen LogP contribution in [0.3, 0.4) is 0 Å². The molecule has 45 heavy (non-hydrogen) atoms. The molecule has 0 aliphatic carbocycles. The van der Waals surface area contributed by atoms with Gasteiger partial charge in [0.15, 0.2) is 0 Å². The fraction of sp³-hybridized carbons (Fsp3) is 0.902. The van der Waals surface area contributed by atoms with E-state index in [0.29, 0.717) is 11.4 Å². The van der Waals surface area contributed by atoms with Gasteiger partial charge in [0, 0.05) is 19.6 Å². The minimum atomic E-state index is -0.300. The van der Waals surface area contributed by atoms with Crippen molar-refractivity contribution in [2.24, 2.45) is 5.92 Å². The summed E-state index contributed by atoms with van der Waals surface area (Å²) in [4.78, 5) is 27.4. The molecular formula is C41H78N2O2. The summed E-state index contributed by atoms with van der Waals surface area (Å²) in [6.45, 7) is 11.7. The lowest BCUT2D eigenvalue weighted by Crippen LogP contribution is -2.43. The first-order valence-corrected chi connectivity index (χ1v) is 20.4. The molecule has 1 aromatic rings. The zero-order valence-electron chi connectivity index (χ0n) is 31.0. The monoisotopic (exact) mass is 631 g/mol. The van der Waals surface area contributed by atoms with Gasteiger partial charge in [-0.15, -0.1) is 0 Å². The van der Waals surface area contributed by atoms with E-state index in [1.807, 2.05) is 0 Å². The molecule has 0 radical (unpaired) electrons. The van der Waals surface area contributed by atoms with Crippen LogP contribution in [0.25, 0.3) is 0 Å². The molecule has 0 spiro atoms. The van der Waals surface area contributed by atoms with Crippen molar-refractivity contribution in [3.63, 3.8) is 0 Å². The molecule has 0 aliphatic heterocycles. The van der Waals surface area contributed by atoms with Crippen LogP contribution in [-0.2, 0) is 0 Å². The third-order valence-electron chi connectivity index (χ3n) is 10.0.